The topological polar surface area (TPSA) is 68.5 Å². The first-order chi connectivity index (χ1) is 12.1. The largest absolute Gasteiger partial charge is 0.478 e. The van der Waals surface area contributed by atoms with E-state index in [4.69, 9.17) is 4.74 Å². The molecular formula is C20H19NO4. The maximum atomic E-state index is 13.2. The van der Waals surface area contributed by atoms with E-state index in [1.165, 1.54) is 6.07 Å². The number of carbonyl (C=O) groups excluding carboxylic acids is 1. The number of carboxylic acids is 1. The monoisotopic (exact) mass is 337 g/mol. The van der Waals surface area contributed by atoms with Crippen LogP contribution in [0, 0.1) is 6.92 Å². The van der Waals surface area contributed by atoms with Crippen molar-refractivity contribution in [1.82, 2.24) is 4.57 Å². The maximum Gasteiger partial charge on any atom is 0.336 e. The molecule has 3 rings (SSSR count). The molecule has 0 atom stereocenters. The predicted molar refractivity (Wildman–Crippen MR) is 95.4 cm³/mol. The fraction of sp³-hybridized carbons (Fsp3) is 0.200. The molecule has 0 aliphatic rings. The average Bonchev–Trinajstić information content (AvgIpc) is 2.90. The summed E-state index contributed by atoms with van der Waals surface area (Å²) >= 11 is 0. The van der Waals surface area contributed by atoms with Crippen LogP contribution in [0.4, 0.5) is 0 Å². The highest BCUT2D eigenvalue weighted by atomic mass is 16.5. The summed E-state index contributed by atoms with van der Waals surface area (Å²) in [5, 5.41) is 10.2. The number of methoxy groups -OCH3 is 1. The molecule has 1 heterocycles. The van der Waals surface area contributed by atoms with Gasteiger partial charge in [0.25, 0.3) is 0 Å². The van der Waals surface area contributed by atoms with Crippen molar-refractivity contribution in [3.63, 3.8) is 0 Å². The lowest BCUT2D eigenvalue weighted by Gasteiger charge is -2.08. The fourth-order valence-electron chi connectivity index (χ4n) is 3.19. The molecule has 0 spiro atoms. The van der Waals surface area contributed by atoms with Crippen LogP contribution in [0.2, 0.25) is 0 Å². The normalized spacial score (nSPS) is 11.0. The lowest BCUT2D eigenvalue weighted by atomic mass is 9.96. The molecule has 128 valence electrons. The second kappa shape index (κ2) is 6.91. The van der Waals surface area contributed by atoms with Gasteiger partial charge in [0, 0.05) is 35.8 Å². The third kappa shape index (κ3) is 2.94. The smallest absolute Gasteiger partial charge is 0.336 e. The average molecular weight is 337 g/mol. The number of ketones is 1. The third-order valence-electron chi connectivity index (χ3n) is 4.38. The third-order valence-corrected chi connectivity index (χ3v) is 4.38. The first kappa shape index (κ1) is 16.9. The summed E-state index contributed by atoms with van der Waals surface area (Å²) in [5.74, 6) is -1.38. The molecule has 0 aliphatic heterocycles. The molecule has 1 N–H and O–H groups in total. The zero-order chi connectivity index (χ0) is 18.0. The van der Waals surface area contributed by atoms with Gasteiger partial charge >= 0.3 is 5.97 Å². The van der Waals surface area contributed by atoms with Gasteiger partial charge in [-0.2, -0.15) is 0 Å². The van der Waals surface area contributed by atoms with Crippen molar-refractivity contribution in [2.75, 3.05) is 13.7 Å². The van der Waals surface area contributed by atoms with E-state index in [2.05, 4.69) is 0 Å². The van der Waals surface area contributed by atoms with Crippen LogP contribution in [0.25, 0.3) is 10.9 Å². The predicted octanol–water partition coefficient (Wildman–Crippen LogP) is 3.53. The number of rotatable bonds is 6. The molecular weight excluding hydrogens is 318 g/mol. The van der Waals surface area contributed by atoms with E-state index in [1.807, 2.05) is 35.8 Å². The molecule has 0 saturated carbocycles. The van der Waals surface area contributed by atoms with Gasteiger partial charge in [0.1, 0.15) is 0 Å². The van der Waals surface area contributed by atoms with Gasteiger partial charge in [-0.25, -0.2) is 4.79 Å². The number of aromatic nitrogens is 1. The van der Waals surface area contributed by atoms with Crippen LogP contribution >= 0.6 is 0 Å². The molecule has 25 heavy (non-hydrogen) atoms. The molecule has 0 saturated heterocycles. The highest BCUT2D eigenvalue weighted by molar-refractivity contribution is 6.20. The molecule has 5 heteroatoms. The Balaban J connectivity index is 2.21. The van der Waals surface area contributed by atoms with Gasteiger partial charge in [-0.15, -0.1) is 0 Å². The van der Waals surface area contributed by atoms with E-state index in [-0.39, 0.29) is 16.9 Å². The molecule has 0 radical (unpaired) electrons. The van der Waals surface area contributed by atoms with Gasteiger partial charge in [0.2, 0.25) is 0 Å². The van der Waals surface area contributed by atoms with Crippen molar-refractivity contribution in [2.24, 2.45) is 0 Å². The summed E-state index contributed by atoms with van der Waals surface area (Å²) in [6.45, 7) is 3.03. The Kier molecular flexibility index (Phi) is 4.67. The van der Waals surface area contributed by atoms with Gasteiger partial charge < -0.3 is 14.4 Å². The minimum atomic E-state index is -1.11. The number of para-hydroxylation sites is 1. The number of fused-ring (bicyclic) bond motifs is 1. The van der Waals surface area contributed by atoms with Crippen molar-refractivity contribution < 1.29 is 19.4 Å². The lowest BCUT2D eigenvalue weighted by Crippen LogP contribution is -2.11. The Morgan fingerprint density at radius 1 is 1.04 bits per heavy atom. The van der Waals surface area contributed by atoms with E-state index in [9.17, 15) is 14.7 Å². The summed E-state index contributed by atoms with van der Waals surface area (Å²) in [4.78, 5) is 24.7. The van der Waals surface area contributed by atoms with Crippen molar-refractivity contribution in [3.05, 3.63) is 70.9 Å². The number of carboxylic acid groups (broad SMARTS) is 1. The Hall–Kier alpha value is -2.92. The van der Waals surface area contributed by atoms with Crippen LogP contribution in [-0.4, -0.2) is 35.1 Å². The standard InChI is InChI=1S/C20H19NO4/c1-13-18(19(22)14-7-3-4-8-15(14)20(23)24)16-9-5-6-10-17(16)21(13)11-12-25-2/h3-10H,11-12H2,1-2H3,(H,23,24). The number of nitrogens with zero attached hydrogens (tertiary/aromatic N) is 1. The van der Waals surface area contributed by atoms with Crippen LogP contribution in [0.15, 0.2) is 48.5 Å². The van der Waals surface area contributed by atoms with E-state index >= 15 is 0 Å². The Morgan fingerprint density at radius 2 is 1.68 bits per heavy atom. The van der Waals surface area contributed by atoms with Crippen LogP contribution in [0.5, 0.6) is 0 Å². The van der Waals surface area contributed by atoms with Crippen LogP contribution in [0.1, 0.15) is 32.0 Å². The van der Waals surface area contributed by atoms with Crippen LogP contribution in [-0.2, 0) is 11.3 Å². The first-order valence-corrected chi connectivity index (χ1v) is 8.00. The highest BCUT2D eigenvalue weighted by Crippen LogP contribution is 2.29. The highest BCUT2D eigenvalue weighted by Gasteiger charge is 2.24. The molecule has 0 unspecified atom stereocenters. The van der Waals surface area contributed by atoms with Gasteiger partial charge in [-0.1, -0.05) is 36.4 Å². The van der Waals surface area contributed by atoms with Gasteiger partial charge in [0.05, 0.1) is 17.7 Å². The summed E-state index contributed by atoms with van der Waals surface area (Å²) in [5.41, 5.74) is 2.51. The minimum absolute atomic E-state index is 0.0145. The SMILES string of the molecule is COCCn1c(C)c(C(=O)c2ccccc2C(=O)O)c2ccccc21. The Bertz CT molecular complexity index is 955. The van der Waals surface area contributed by atoms with Crippen LogP contribution < -0.4 is 0 Å². The number of benzene rings is 2. The van der Waals surface area contributed by atoms with E-state index < -0.39 is 5.97 Å². The Labute approximate surface area is 145 Å². The molecule has 5 nitrogen and oxygen atoms in total. The van der Waals surface area contributed by atoms with Crippen molar-refractivity contribution >= 4 is 22.7 Å². The van der Waals surface area contributed by atoms with Gasteiger partial charge in [-0.3, -0.25) is 4.79 Å². The second-order valence-corrected chi connectivity index (χ2v) is 5.80. The number of aromatic carboxylic acids is 1. The molecule has 0 amide bonds. The van der Waals surface area contributed by atoms with Crippen molar-refractivity contribution in [3.8, 4) is 0 Å². The van der Waals surface area contributed by atoms with Crippen molar-refractivity contribution in [1.29, 1.82) is 0 Å². The first-order valence-electron chi connectivity index (χ1n) is 8.00. The van der Waals surface area contributed by atoms with E-state index in [1.54, 1.807) is 25.3 Å². The summed E-state index contributed by atoms with van der Waals surface area (Å²) in [6.07, 6.45) is 0. The number of hydrogen-bond acceptors (Lipinski definition) is 3. The van der Waals surface area contributed by atoms with E-state index in [0.29, 0.717) is 18.7 Å². The van der Waals surface area contributed by atoms with Gasteiger partial charge in [0.15, 0.2) is 5.78 Å². The van der Waals surface area contributed by atoms with E-state index in [0.717, 1.165) is 16.6 Å². The zero-order valence-electron chi connectivity index (χ0n) is 14.2. The minimum Gasteiger partial charge on any atom is -0.478 e. The quantitative estimate of drug-likeness (QED) is 0.699. The zero-order valence-corrected chi connectivity index (χ0v) is 14.2. The molecule has 0 bridgehead atoms. The maximum absolute atomic E-state index is 13.2. The second-order valence-electron chi connectivity index (χ2n) is 5.80. The molecule has 2 aromatic carbocycles. The number of ether oxygens (including phenoxy) is 1. The molecule has 3 aromatic rings. The molecule has 0 fully saturated rings. The Morgan fingerprint density at radius 3 is 2.36 bits per heavy atom. The van der Waals surface area contributed by atoms with Gasteiger partial charge in [-0.05, 0) is 19.1 Å². The summed E-state index contributed by atoms with van der Waals surface area (Å²) in [6, 6.07) is 14.0. The summed E-state index contributed by atoms with van der Waals surface area (Å²) in [7, 11) is 1.64. The number of hydrogen-bond donors (Lipinski definition) is 1. The lowest BCUT2D eigenvalue weighted by molar-refractivity contribution is 0.0693. The van der Waals surface area contributed by atoms with Crippen LogP contribution in [0.3, 0.4) is 0 Å². The molecule has 1 aromatic heterocycles. The molecule has 0 aliphatic carbocycles. The van der Waals surface area contributed by atoms with Crippen molar-refractivity contribution in [2.45, 2.75) is 13.5 Å². The fourth-order valence-corrected chi connectivity index (χ4v) is 3.19. The summed E-state index contributed by atoms with van der Waals surface area (Å²) < 4.78 is 7.21. The number of carbonyl (C=O) groups is 2.